The van der Waals surface area contributed by atoms with Gasteiger partial charge in [-0.2, -0.15) is 5.10 Å². The topological polar surface area (TPSA) is 150 Å². The Morgan fingerprint density at radius 2 is 1.89 bits per heavy atom. The first-order valence-electron chi connectivity index (χ1n) is 14.8. The van der Waals surface area contributed by atoms with Gasteiger partial charge in [0.15, 0.2) is 11.5 Å². The second kappa shape index (κ2) is 9.36. The SMILES string of the molecule is C[C@]1(C(N)=O)COc2c1cc(C(O)(CNC(=O)c1ccn3nc(C4CC4)cc3c1)C1CC1)nc2-c1ccc2c(c1)OC(F)(F)O2. The van der Waals surface area contributed by atoms with Crippen molar-refractivity contribution in [2.75, 3.05) is 13.2 Å². The second-order valence-electron chi connectivity index (χ2n) is 12.6. The molecule has 2 atom stereocenters. The molecule has 45 heavy (non-hydrogen) atoms. The lowest BCUT2D eigenvalue weighted by Gasteiger charge is -2.30. The van der Waals surface area contributed by atoms with Crippen molar-refractivity contribution in [1.29, 1.82) is 0 Å². The average molecular weight is 618 g/mol. The Hall–Kier alpha value is -4.78. The largest absolute Gasteiger partial charge is 0.586 e. The van der Waals surface area contributed by atoms with E-state index < -0.39 is 23.2 Å². The fraction of sp³-hybridized carbons (Fsp3) is 0.375. The zero-order chi connectivity index (χ0) is 31.3. The van der Waals surface area contributed by atoms with Crippen LogP contribution in [0.4, 0.5) is 8.78 Å². The monoisotopic (exact) mass is 617 g/mol. The predicted molar refractivity (Wildman–Crippen MR) is 154 cm³/mol. The number of carbonyl (C=O) groups is 2. The Bertz CT molecular complexity index is 1920. The molecule has 0 saturated heterocycles. The minimum absolute atomic E-state index is 0.0729. The van der Waals surface area contributed by atoms with Crippen LogP contribution >= 0.6 is 0 Å². The first kappa shape index (κ1) is 27.7. The molecule has 0 bridgehead atoms. The van der Waals surface area contributed by atoms with Crippen molar-refractivity contribution in [2.45, 2.75) is 55.8 Å². The molecule has 13 heteroatoms. The third-order valence-corrected chi connectivity index (χ3v) is 9.25. The number of alkyl halides is 2. The number of amides is 2. The summed E-state index contributed by atoms with van der Waals surface area (Å²) < 4.78 is 44.4. The summed E-state index contributed by atoms with van der Waals surface area (Å²) in [5.41, 5.74) is 6.31. The highest BCUT2D eigenvalue weighted by atomic mass is 19.3. The van der Waals surface area contributed by atoms with Crippen LogP contribution in [0.5, 0.6) is 17.2 Å². The van der Waals surface area contributed by atoms with Crippen LogP contribution in [0.15, 0.2) is 48.7 Å². The Labute approximate surface area is 255 Å². The molecular formula is C32H29F2N5O6. The summed E-state index contributed by atoms with van der Waals surface area (Å²) in [6, 6.07) is 11.2. The molecule has 2 aliphatic heterocycles. The number of ether oxygens (including phenoxy) is 3. The number of pyridine rings is 2. The van der Waals surface area contributed by atoms with E-state index in [2.05, 4.69) is 19.9 Å². The molecule has 5 heterocycles. The fourth-order valence-electron chi connectivity index (χ4n) is 6.16. The van der Waals surface area contributed by atoms with Crippen molar-refractivity contribution >= 4 is 17.3 Å². The van der Waals surface area contributed by atoms with Gasteiger partial charge in [-0.05, 0) is 81.0 Å². The molecule has 4 N–H and O–H groups in total. The minimum atomic E-state index is -3.81. The number of halogens is 2. The minimum Gasteiger partial charge on any atom is -0.489 e. The first-order chi connectivity index (χ1) is 21.4. The predicted octanol–water partition coefficient (Wildman–Crippen LogP) is 3.76. The van der Waals surface area contributed by atoms with Gasteiger partial charge in [0.25, 0.3) is 5.91 Å². The van der Waals surface area contributed by atoms with E-state index in [4.69, 9.17) is 15.5 Å². The van der Waals surface area contributed by atoms with Gasteiger partial charge in [0.2, 0.25) is 5.91 Å². The van der Waals surface area contributed by atoms with Crippen molar-refractivity contribution in [2.24, 2.45) is 11.7 Å². The smallest absolute Gasteiger partial charge is 0.489 e. The maximum absolute atomic E-state index is 13.8. The number of hydrogen-bond donors (Lipinski definition) is 3. The number of hydrogen-bond acceptors (Lipinski definition) is 8. The molecule has 2 aliphatic carbocycles. The molecule has 4 aromatic rings. The molecular weight excluding hydrogens is 588 g/mol. The van der Waals surface area contributed by atoms with Crippen LogP contribution in [-0.4, -0.2) is 51.0 Å². The van der Waals surface area contributed by atoms with Gasteiger partial charge in [-0.3, -0.25) is 9.59 Å². The molecule has 2 amide bonds. The number of carbonyl (C=O) groups excluding carboxylic acids is 2. The quantitative estimate of drug-likeness (QED) is 0.271. The molecule has 1 aromatic carbocycles. The molecule has 2 fully saturated rings. The number of benzene rings is 1. The lowest BCUT2D eigenvalue weighted by atomic mass is 9.81. The molecule has 1 unspecified atom stereocenters. The van der Waals surface area contributed by atoms with E-state index in [0.29, 0.717) is 35.4 Å². The summed E-state index contributed by atoms with van der Waals surface area (Å²) in [4.78, 5) is 30.8. The number of nitrogens with two attached hydrogens (primary N) is 1. The van der Waals surface area contributed by atoms with E-state index >= 15 is 0 Å². The number of rotatable bonds is 8. The summed E-state index contributed by atoms with van der Waals surface area (Å²) in [5.74, 6) is -0.874. The van der Waals surface area contributed by atoms with E-state index in [0.717, 1.165) is 24.1 Å². The Morgan fingerprint density at radius 3 is 2.62 bits per heavy atom. The first-order valence-corrected chi connectivity index (χ1v) is 14.8. The van der Waals surface area contributed by atoms with Gasteiger partial charge in [0.05, 0.1) is 23.4 Å². The van der Waals surface area contributed by atoms with Gasteiger partial charge in [0, 0.05) is 28.8 Å². The highest BCUT2D eigenvalue weighted by Gasteiger charge is 2.50. The Kier molecular flexibility index (Phi) is 5.77. The summed E-state index contributed by atoms with van der Waals surface area (Å²) in [6.45, 7) is 1.39. The van der Waals surface area contributed by atoms with E-state index in [1.54, 1.807) is 35.8 Å². The molecule has 0 radical (unpaired) electrons. The zero-order valence-electron chi connectivity index (χ0n) is 24.2. The van der Waals surface area contributed by atoms with Crippen molar-refractivity contribution in [3.63, 3.8) is 0 Å². The molecule has 11 nitrogen and oxygen atoms in total. The summed E-state index contributed by atoms with van der Waals surface area (Å²) >= 11 is 0. The molecule has 232 valence electrons. The number of aliphatic hydroxyl groups is 1. The highest BCUT2D eigenvalue weighted by Crippen LogP contribution is 2.51. The third-order valence-electron chi connectivity index (χ3n) is 9.25. The third kappa shape index (κ3) is 4.55. The molecule has 2 saturated carbocycles. The lowest BCUT2D eigenvalue weighted by molar-refractivity contribution is -0.286. The second-order valence-corrected chi connectivity index (χ2v) is 12.6. The normalized spacial score (nSPS) is 22.5. The average Bonchev–Trinajstić information content (AvgIpc) is 3.94. The van der Waals surface area contributed by atoms with E-state index in [1.807, 2.05) is 6.07 Å². The molecule has 4 aliphatic rings. The van der Waals surface area contributed by atoms with Gasteiger partial charge >= 0.3 is 6.29 Å². The summed E-state index contributed by atoms with van der Waals surface area (Å²) in [7, 11) is 0. The highest BCUT2D eigenvalue weighted by molar-refractivity contribution is 5.95. The number of aromatic nitrogens is 3. The lowest BCUT2D eigenvalue weighted by Crippen LogP contribution is -2.44. The molecule has 8 rings (SSSR count). The van der Waals surface area contributed by atoms with Crippen LogP contribution in [0.3, 0.4) is 0 Å². The van der Waals surface area contributed by atoms with Crippen molar-refractivity contribution < 1.29 is 37.7 Å². The number of nitrogens with zero attached hydrogens (tertiary/aromatic N) is 3. The van der Waals surface area contributed by atoms with Gasteiger partial charge in [-0.15, -0.1) is 8.78 Å². The van der Waals surface area contributed by atoms with Crippen LogP contribution in [0, 0.1) is 5.92 Å². The van der Waals surface area contributed by atoms with Crippen molar-refractivity contribution in [3.8, 4) is 28.5 Å². The van der Waals surface area contributed by atoms with Gasteiger partial charge in [-0.25, -0.2) is 9.50 Å². The van der Waals surface area contributed by atoms with Gasteiger partial charge in [0.1, 0.15) is 29.1 Å². The molecule has 0 spiro atoms. The molecule has 3 aromatic heterocycles. The van der Waals surface area contributed by atoms with Crippen molar-refractivity contribution in [1.82, 2.24) is 19.9 Å². The van der Waals surface area contributed by atoms with Gasteiger partial charge < -0.3 is 30.4 Å². The number of fused-ring (bicyclic) bond motifs is 3. The zero-order valence-corrected chi connectivity index (χ0v) is 24.2. The summed E-state index contributed by atoms with van der Waals surface area (Å²) in [6.07, 6.45) is 1.54. The standard InChI is InChI=1S/C32H29F2N5O6/c1-30(29(35)41)15-43-27-21(30)13-25(37-26(27)17-4-7-23-24(11-17)45-32(33,34)44-23)31(42,19-5-6-19)14-36-28(40)18-8-9-39-20(10-18)12-22(38-39)16-2-3-16/h4,7-13,16,19,42H,2-3,5-6,14-15H2,1H3,(H2,35,41)(H,36,40)/t30-,31?/m0/s1. The Morgan fingerprint density at radius 1 is 1.11 bits per heavy atom. The summed E-state index contributed by atoms with van der Waals surface area (Å²) in [5, 5.41) is 19.7. The van der Waals surface area contributed by atoms with E-state index in [-0.39, 0.29) is 53.6 Å². The van der Waals surface area contributed by atoms with Crippen LogP contribution in [0.2, 0.25) is 0 Å². The number of primary amides is 1. The van der Waals surface area contributed by atoms with Crippen molar-refractivity contribution in [3.05, 3.63) is 71.2 Å². The van der Waals surface area contributed by atoms with E-state index in [9.17, 15) is 23.5 Å². The number of nitrogens with one attached hydrogen (secondary N) is 1. The van der Waals surface area contributed by atoms with E-state index in [1.165, 1.54) is 18.2 Å². The van der Waals surface area contributed by atoms with Crippen LogP contribution in [0.1, 0.15) is 65.8 Å². The van der Waals surface area contributed by atoms with Crippen LogP contribution < -0.4 is 25.3 Å². The maximum Gasteiger partial charge on any atom is 0.586 e. The Balaban J connectivity index is 1.15. The van der Waals surface area contributed by atoms with Crippen LogP contribution in [0.25, 0.3) is 16.8 Å². The maximum atomic E-state index is 13.8. The fourth-order valence-corrected chi connectivity index (χ4v) is 6.16. The van der Waals surface area contributed by atoms with Gasteiger partial charge in [-0.1, -0.05) is 0 Å². The van der Waals surface area contributed by atoms with Crippen LogP contribution in [-0.2, 0) is 15.8 Å².